The van der Waals surface area contributed by atoms with Gasteiger partial charge in [-0.1, -0.05) is 71.8 Å². The standard InChI is InChI=1S/C28H31ClN2O3/c1-20(2)30-28(33)26(17-22-8-5-4-6-9-22)31(18-23-10-7-11-24(29)16-23)27(32)19-34-25-14-12-21(3)13-15-25/h4-16,20,26H,17-19H2,1-3H3,(H,30,33)/t26-/m0/s1. The van der Waals surface area contributed by atoms with Gasteiger partial charge < -0.3 is 15.0 Å². The largest absolute Gasteiger partial charge is 0.484 e. The van der Waals surface area contributed by atoms with Gasteiger partial charge in [-0.25, -0.2) is 0 Å². The summed E-state index contributed by atoms with van der Waals surface area (Å²) in [5.74, 6) is 0.123. The molecule has 0 fully saturated rings. The van der Waals surface area contributed by atoms with E-state index in [0.29, 0.717) is 17.2 Å². The summed E-state index contributed by atoms with van der Waals surface area (Å²) in [5, 5.41) is 3.55. The number of nitrogens with one attached hydrogen (secondary N) is 1. The van der Waals surface area contributed by atoms with Crippen LogP contribution in [0.3, 0.4) is 0 Å². The normalized spacial score (nSPS) is 11.7. The first kappa shape index (κ1) is 25.3. The Labute approximate surface area is 206 Å². The number of nitrogens with zero attached hydrogens (tertiary/aromatic N) is 1. The Bertz CT molecular complexity index is 1080. The van der Waals surface area contributed by atoms with Gasteiger partial charge in [0.15, 0.2) is 6.61 Å². The highest BCUT2D eigenvalue weighted by molar-refractivity contribution is 6.30. The molecule has 6 heteroatoms. The van der Waals surface area contributed by atoms with Crippen LogP contribution in [-0.4, -0.2) is 35.4 Å². The van der Waals surface area contributed by atoms with Crippen molar-refractivity contribution < 1.29 is 14.3 Å². The number of halogens is 1. The SMILES string of the molecule is Cc1ccc(OCC(=O)N(Cc2cccc(Cl)c2)[C@@H](Cc2ccccc2)C(=O)NC(C)C)cc1. The number of hydrogen-bond acceptors (Lipinski definition) is 3. The van der Waals surface area contributed by atoms with Crippen molar-refractivity contribution in [2.45, 2.75) is 45.8 Å². The van der Waals surface area contributed by atoms with Crippen LogP contribution in [0.25, 0.3) is 0 Å². The monoisotopic (exact) mass is 478 g/mol. The molecule has 0 saturated heterocycles. The van der Waals surface area contributed by atoms with Crippen molar-refractivity contribution in [1.29, 1.82) is 0 Å². The molecule has 0 aliphatic rings. The van der Waals surface area contributed by atoms with Gasteiger partial charge in [-0.05, 0) is 56.2 Å². The molecule has 0 spiro atoms. The molecule has 5 nitrogen and oxygen atoms in total. The Morgan fingerprint density at radius 2 is 1.62 bits per heavy atom. The van der Waals surface area contributed by atoms with Crippen LogP contribution in [0.5, 0.6) is 5.75 Å². The first-order chi connectivity index (χ1) is 16.3. The van der Waals surface area contributed by atoms with Crippen LogP contribution >= 0.6 is 11.6 Å². The van der Waals surface area contributed by atoms with Crippen LogP contribution in [0.2, 0.25) is 5.02 Å². The lowest BCUT2D eigenvalue weighted by molar-refractivity contribution is -0.143. The van der Waals surface area contributed by atoms with Crippen molar-refractivity contribution in [3.63, 3.8) is 0 Å². The van der Waals surface area contributed by atoms with E-state index in [0.717, 1.165) is 16.7 Å². The van der Waals surface area contributed by atoms with Crippen molar-refractivity contribution in [3.8, 4) is 5.75 Å². The number of rotatable bonds is 10. The van der Waals surface area contributed by atoms with Crippen molar-refractivity contribution in [2.75, 3.05) is 6.61 Å². The molecular formula is C28H31ClN2O3. The summed E-state index contributed by atoms with van der Waals surface area (Å²) in [6.07, 6.45) is 0.385. The van der Waals surface area contributed by atoms with E-state index in [2.05, 4.69) is 5.32 Å². The molecule has 3 rings (SSSR count). The number of hydrogen-bond donors (Lipinski definition) is 1. The molecule has 0 aliphatic carbocycles. The first-order valence-electron chi connectivity index (χ1n) is 11.4. The Morgan fingerprint density at radius 3 is 2.26 bits per heavy atom. The van der Waals surface area contributed by atoms with Gasteiger partial charge >= 0.3 is 0 Å². The Kier molecular flexibility index (Phi) is 9.11. The van der Waals surface area contributed by atoms with E-state index in [9.17, 15) is 9.59 Å². The van der Waals surface area contributed by atoms with Crippen LogP contribution in [0, 0.1) is 6.92 Å². The highest BCUT2D eigenvalue weighted by atomic mass is 35.5. The molecule has 0 heterocycles. The third kappa shape index (κ3) is 7.63. The lowest BCUT2D eigenvalue weighted by Gasteiger charge is -2.32. The predicted molar refractivity (Wildman–Crippen MR) is 136 cm³/mol. The molecule has 1 N–H and O–H groups in total. The van der Waals surface area contributed by atoms with Gasteiger partial charge in [0.05, 0.1) is 0 Å². The predicted octanol–water partition coefficient (Wildman–Crippen LogP) is 5.19. The molecular weight excluding hydrogens is 448 g/mol. The minimum Gasteiger partial charge on any atom is -0.484 e. The summed E-state index contributed by atoms with van der Waals surface area (Å²) < 4.78 is 5.78. The Balaban J connectivity index is 1.90. The smallest absolute Gasteiger partial charge is 0.261 e. The summed E-state index contributed by atoms with van der Waals surface area (Å²) >= 11 is 6.20. The molecule has 0 unspecified atom stereocenters. The Hall–Kier alpha value is -3.31. The quantitative estimate of drug-likeness (QED) is 0.436. The first-order valence-corrected chi connectivity index (χ1v) is 11.8. The number of aryl methyl sites for hydroxylation is 1. The van der Waals surface area contributed by atoms with Gasteiger partial charge in [0.25, 0.3) is 5.91 Å². The maximum absolute atomic E-state index is 13.5. The summed E-state index contributed by atoms with van der Waals surface area (Å²) in [6, 6.07) is 23.8. The fourth-order valence-electron chi connectivity index (χ4n) is 3.63. The molecule has 2 amide bonds. The molecule has 0 bridgehead atoms. The molecule has 3 aromatic carbocycles. The molecule has 178 valence electrons. The number of carbonyl (C=O) groups excluding carboxylic acids is 2. The molecule has 0 saturated carbocycles. The van der Waals surface area contributed by atoms with Gasteiger partial charge in [0.1, 0.15) is 11.8 Å². The van der Waals surface area contributed by atoms with Gasteiger partial charge in [0, 0.05) is 24.0 Å². The highest BCUT2D eigenvalue weighted by Gasteiger charge is 2.31. The molecule has 3 aromatic rings. The maximum Gasteiger partial charge on any atom is 0.261 e. The zero-order chi connectivity index (χ0) is 24.5. The second-order valence-corrected chi connectivity index (χ2v) is 9.06. The van der Waals surface area contributed by atoms with Crippen LogP contribution < -0.4 is 10.1 Å². The molecule has 0 radical (unpaired) electrons. The average Bonchev–Trinajstić information content (AvgIpc) is 2.81. The van der Waals surface area contributed by atoms with E-state index in [1.807, 2.05) is 93.6 Å². The average molecular weight is 479 g/mol. The molecule has 34 heavy (non-hydrogen) atoms. The second-order valence-electron chi connectivity index (χ2n) is 8.62. The van der Waals surface area contributed by atoms with Gasteiger partial charge in [-0.2, -0.15) is 0 Å². The number of benzene rings is 3. The van der Waals surface area contributed by atoms with E-state index < -0.39 is 6.04 Å². The second kappa shape index (κ2) is 12.2. The van der Waals surface area contributed by atoms with Crippen molar-refractivity contribution in [2.24, 2.45) is 0 Å². The summed E-state index contributed by atoms with van der Waals surface area (Å²) in [6.45, 7) is 5.86. The van der Waals surface area contributed by atoms with E-state index in [-0.39, 0.29) is 31.0 Å². The summed E-state index contributed by atoms with van der Waals surface area (Å²) in [7, 11) is 0. The van der Waals surface area contributed by atoms with E-state index in [1.54, 1.807) is 11.0 Å². The van der Waals surface area contributed by atoms with E-state index >= 15 is 0 Å². The van der Waals surface area contributed by atoms with Gasteiger partial charge in [-0.3, -0.25) is 9.59 Å². The van der Waals surface area contributed by atoms with Crippen molar-refractivity contribution >= 4 is 23.4 Å². The highest BCUT2D eigenvalue weighted by Crippen LogP contribution is 2.18. The van der Waals surface area contributed by atoms with Crippen LogP contribution in [-0.2, 0) is 22.6 Å². The fraction of sp³-hybridized carbons (Fsp3) is 0.286. The summed E-state index contributed by atoms with van der Waals surface area (Å²) in [4.78, 5) is 28.4. The summed E-state index contributed by atoms with van der Waals surface area (Å²) in [5.41, 5.74) is 2.91. The van der Waals surface area contributed by atoms with Crippen LogP contribution in [0.1, 0.15) is 30.5 Å². The third-order valence-corrected chi connectivity index (χ3v) is 5.56. The lowest BCUT2D eigenvalue weighted by Crippen LogP contribution is -2.52. The molecule has 0 aromatic heterocycles. The molecule has 0 aliphatic heterocycles. The van der Waals surface area contributed by atoms with Gasteiger partial charge in [0.2, 0.25) is 5.91 Å². The minimum atomic E-state index is -0.710. The minimum absolute atomic E-state index is 0.0577. The zero-order valence-corrected chi connectivity index (χ0v) is 20.6. The maximum atomic E-state index is 13.5. The zero-order valence-electron chi connectivity index (χ0n) is 19.8. The number of carbonyl (C=O) groups is 2. The van der Waals surface area contributed by atoms with Crippen LogP contribution in [0.4, 0.5) is 0 Å². The molecule has 1 atom stereocenters. The topological polar surface area (TPSA) is 58.6 Å². The Morgan fingerprint density at radius 1 is 0.941 bits per heavy atom. The fourth-order valence-corrected chi connectivity index (χ4v) is 3.84. The van der Waals surface area contributed by atoms with Crippen molar-refractivity contribution in [1.82, 2.24) is 10.2 Å². The third-order valence-electron chi connectivity index (χ3n) is 5.33. The number of ether oxygens (including phenoxy) is 1. The van der Waals surface area contributed by atoms with Crippen molar-refractivity contribution in [3.05, 3.63) is 101 Å². The number of amides is 2. The van der Waals surface area contributed by atoms with Gasteiger partial charge in [-0.15, -0.1) is 0 Å². The lowest BCUT2D eigenvalue weighted by atomic mass is 10.0. The van der Waals surface area contributed by atoms with E-state index in [4.69, 9.17) is 16.3 Å². The van der Waals surface area contributed by atoms with E-state index in [1.165, 1.54) is 0 Å². The van der Waals surface area contributed by atoms with Crippen LogP contribution in [0.15, 0.2) is 78.9 Å².